The van der Waals surface area contributed by atoms with Crippen molar-refractivity contribution in [2.24, 2.45) is 5.73 Å². The monoisotopic (exact) mass is 875 g/mol. The average Bonchev–Trinajstić information content (AvgIpc) is 3.69. The smallest absolute Gasteiger partial charge is 0.242 e. The molecule has 3 saturated heterocycles. The number of hydrogen-bond donors (Lipinski definition) is 11. The highest BCUT2D eigenvalue weighted by Crippen LogP contribution is 2.52. The Labute approximate surface area is 359 Å². The van der Waals surface area contributed by atoms with E-state index < -0.39 is 117 Å². The first-order valence-electron chi connectivity index (χ1n) is 20.5. The van der Waals surface area contributed by atoms with Gasteiger partial charge in [-0.25, -0.2) is 0 Å². The van der Waals surface area contributed by atoms with Crippen molar-refractivity contribution in [3.05, 3.63) is 99.3 Å². The Morgan fingerprint density at radius 1 is 1.00 bits per heavy atom. The molecule has 3 aromatic carbocycles. The molecule has 5 aliphatic rings. The summed E-state index contributed by atoms with van der Waals surface area (Å²) < 4.78 is 25.1. The van der Waals surface area contributed by atoms with Gasteiger partial charge in [0.15, 0.2) is 28.7 Å². The highest BCUT2D eigenvalue weighted by atomic mass is 16.7. The number of anilines is 1. The van der Waals surface area contributed by atoms with Crippen molar-refractivity contribution in [3.63, 3.8) is 0 Å². The van der Waals surface area contributed by atoms with Crippen LogP contribution >= 0.6 is 0 Å². The summed E-state index contributed by atoms with van der Waals surface area (Å²) in [6, 6.07) is 11.9. The first kappa shape index (κ1) is 44.3. The Bertz CT molecular complexity index is 2310. The molecule has 0 saturated carbocycles. The van der Waals surface area contributed by atoms with Gasteiger partial charge in [0.2, 0.25) is 12.2 Å². The van der Waals surface area contributed by atoms with Gasteiger partial charge in [-0.05, 0) is 47.4 Å². The molecule has 0 radical (unpaired) electrons. The standard InChI is InChI=1S/C43H49N5O15/c44-42-46-39-32(40(58)47-42)45-19-48(39)28-4-2-1-3-24(28)30-21(7-10-49)16-60-18-29-35(56)38(57)43(59,9-12-51)41(62-29)63-36-27(30)14-26-31(37(36)61-17-22(53)8-11-50)34(55)25-13-20(15-52)5-6-23(25)33(26)54/h1-6,11,13-14,16,22,29-30,32,35,38-39,41-42,45-46,49,51-53,56-57,59H,7-10,12,15,17-19,44H2,(H,47,58). The van der Waals surface area contributed by atoms with Crippen LogP contribution in [0.3, 0.4) is 0 Å². The minimum atomic E-state index is -2.54. The van der Waals surface area contributed by atoms with Crippen molar-refractivity contribution in [2.45, 2.75) is 86.6 Å². The van der Waals surface area contributed by atoms with Crippen molar-refractivity contribution in [3.8, 4) is 11.5 Å². The van der Waals surface area contributed by atoms with Gasteiger partial charge < -0.3 is 69.7 Å². The first-order valence-corrected chi connectivity index (χ1v) is 20.5. The molecule has 20 heteroatoms. The van der Waals surface area contributed by atoms with Gasteiger partial charge in [-0.1, -0.05) is 24.3 Å². The summed E-state index contributed by atoms with van der Waals surface area (Å²) in [6.45, 7) is -2.55. The number of rotatable bonds is 12. The van der Waals surface area contributed by atoms with Crippen molar-refractivity contribution in [2.75, 3.05) is 38.0 Å². The summed E-state index contributed by atoms with van der Waals surface area (Å²) in [7, 11) is 0. The molecule has 0 spiro atoms. The molecule has 63 heavy (non-hydrogen) atoms. The Kier molecular flexibility index (Phi) is 12.7. The van der Waals surface area contributed by atoms with E-state index in [1.54, 1.807) is 24.3 Å². The lowest BCUT2D eigenvalue weighted by Gasteiger charge is -2.47. The van der Waals surface area contributed by atoms with Crippen LogP contribution < -0.4 is 36.1 Å². The van der Waals surface area contributed by atoms with Crippen molar-refractivity contribution >= 4 is 29.4 Å². The molecule has 0 aromatic heterocycles. The van der Waals surface area contributed by atoms with Gasteiger partial charge in [0.1, 0.15) is 56.3 Å². The van der Waals surface area contributed by atoms with Gasteiger partial charge in [-0.15, -0.1) is 0 Å². The number of benzene rings is 3. The zero-order valence-electron chi connectivity index (χ0n) is 33.8. The predicted molar refractivity (Wildman–Crippen MR) is 217 cm³/mol. The number of aldehydes is 1. The van der Waals surface area contributed by atoms with Crippen LogP contribution in [0.4, 0.5) is 5.69 Å². The van der Waals surface area contributed by atoms with E-state index in [0.29, 0.717) is 28.7 Å². The molecule has 10 unspecified atom stereocenters. The van der Waals surface area contributed by atoms with Gasteiger partial charge >= 0.3 is 0 Å². The maximum atomic E-state index is 14.8. The molecule has 20 nitrogen and oxygen atoms in total. The number of aliphatic hydroxyl groups is 7. The van der Waals surface area contributed by atoms with Crippen molar-refractivity contribution < 1.29 is 73.9 Å². The van der Waals surface area contributed by atoms with Crippen LogP contribution in [0.2, 0.25) is 0 Å². The number of carbonyl (C=O) groups excluding carboxylic acids is 4. The Morgan fingerprint density at radius 2 is 1.79 bits per heavy atom. The molecule has 4 heterocycles. The summed E-state index contributed by atoms with van der Waals surface area (Å²) in [5, 5.41) is 85.5. The Hall–Kier alpha value is -5.36. The number of fused-ring (bicyclic) bond motifs is 6. The van der Waals surface area contributed by atoms with E-state index >= 15 is 0 Å². The van der Waals surface area contributed by atoms with Crippen LogP contribution in [0.15, 0.2) is 60.4 Å². The molecular weight excluding hydrogens is 826 g/mol. The predicted octanol–water partition coefficient (Wildman–Crippen LogP) is -2.33. The number of nitrogens with one attached hydrogen (secondary N) is 3. The van der Waals surface area contributed by atoms with Gasteiger partial charge in [0.25, 0.3) is 0 Å². The number of hydrogen-bond acceptors (Lipinski definition) is 19. The van der Waals surface area contributed by atoms with Gasteiger partial charge in [-0.2, -0.15) is 0 Å². The third kappa shape index (κ3) is 7.86. The summed E-state index contributed by atoms with van der Waals surface area (Å²) in [6.07, 6.45) is -9.44. The second-order valence-corrected chi connectivity index (χ2v) is 16.0. The molecule has 3 aromatic rings. The van der Waals surface area contributed by atoms with E-state index in [1.165, 1.54) is 30.5 Å². The molecule has 1 aliphatic carbocycles. The van der Waals surface area contributed by atoms with Crippen LogP contribution in [-0.4, -0.2) is 147 Å². The van der Waals surface area contributed by atoms with E-state index in [2.05, 4.69) is 16.0 Å². The second-order valence-electron chi connectivity index (χ2n) is 16.0. The lowest BCUT2D eigenvalue weighted by Crippen LogP contribution is -2.70. The maximum Gasteiger partial charge on any atom is 0.242 e. The molecule has 8 rings (SSSR count). The molecule has 3 fully saturated rings. The fourth-order valence-corrected chi connectivity index (χ4v) is 8.99. The van der Waals surface area contributed by atoms with Gasteiger partial charge in [0.05, 0.1) is 31.2 Å². The summed E-state index contributed by atoms with van der Waals surface area (Å²) in [5.41, 5.74) is 4.72. The summed E-state index contributed by atoms with van der Waals surface area (Å²) in [4.78, 5) is 56.0. The summed E-state index contributed by atoms with van der Waals surface area (Å²) in [5.74, 6) is -3.67. The van der Waals surface area contributed by atoms with Gasteiger partial charge in [-0.3, -0.25) is 30.8 Å². The Morgan fingerprint density at radius 3 is 2.54 bits per heavy atom. The largest absolute Gasteiger partial charge is 0.498 e. The van der Waals surface area contributed by atoms with E-state index in [9.17, 15) is 54.9 Å². The molecule has 12 N–H and O–H groups in total. The molecule has 1 amide bonds. The lowest BCUT2D eigenvalue weighted by atomic mass is 9.77. The average molecular weight is 876 g/mol. The minimum Gasteiger partial charge on any atom is -0.498 e. The number of aliphatic hydroxyl groups excluding tert-OH is 6. The fourth-order valence-electron chi connectivity index (χ4n) is 8.99. The number of nitrogens with zero attached hydrogens (tertiary/aromatic N) is 1. The molecule has 336 valence electrons. The van der Waals surface area contributed by atoms with E-state index in [0.717, 1.165) is 0 Å². The number of ketones is 2. The van der Waals surface area contributed by atoms with Gasteiger partial charge in [0, 0.05) is 59.9 Å². The van der Waals surface area contributed by atoms with Crippen LogP contribution in [0.5, 0.6) is 11.5 Å². The number of nitrogens with two attached hydrogens (primary N) is 1. The highest BCUT2D eigenvalue weighted by molar-refractivity contribution is 6.29. The molecular formula is C43H49N5O15. The van der Waals surface area contributed by atoms with E-state index in [1.807, 2.05) is 4.90 Å². The topological polar surface area (TPSA) is 312 Å². The quantitative estimate of drug-likeness (QED) is 0.0666. The van der Waals surface area contributed by atoms with E-state index in [-0.39, 0.29) is 59.0 Å². The second kappa shape index (κ2) is 18.0. The number of para-hydroxylation sites is 1. The highest BCUT2D eigenvalue weighted by Gasteiger charge is 2.57. The van der Waals surface area contributed by atoms with E-state index in [4.69, 9.17) is 24.7 Å². The zero-order valence-corrected chi connectivity index (χ0v) is 33.8. The number of amides is 1. The summed E-state index contributed by atoms with van der Waals surface area (Å²) >= 11 is 0. The normalized spacial score (nSPS) is 29.4. The van der Waals surface area contributed by atoms with Crippen LogP contribution in [0.25, 0.3) is 0 Å². The third-order valence-corrected chi connectivity index (χ3v) is 12.1. The van der Waals surface area contributed by atoms with Crippen LogP contribution in [0.1, 0.15) is 73.7 Å². The number of ether oxygens (including phenoxy) is 4. The molecule has 4 aliphatic heterocycles. The minimum absolute atomic E-state index is 0.000592. The molecule has 2 bridgehead atoms. The van der Waals surface area contributed by atoms with Crippen LogP contribution in [-0.2, 0) is 25.7 Å². The van der Waals surface area contributed by atoms with Crippen LogP contribution in [0, 0.1) is 0 Å². The maximum absolute atomic E-state index is 14.8. The molecule has 10 atom stereocenters. The van der Waals surface area contributed by atoms with Crippen molar-refractivity contribution in [1.29, 1.82) is 0 Å². The Balaban J connectivity index is 1.44. The SMILES string of the molecule is NC1NC(=O)C2NCN(c3ccccc3C3C(CCO)=COCC4OC(Oc5c3cc3c(c5OCC(O)CC=O)C(=O)c5cc(CO)ccc5C3=O)C(O)(CCO)C(O)C4O)C2N1. The number of carbonyl (C=O) groups is 4. The third-order valence-electron chi connectivity index (χ3n) is 12.1. The first-order chi connectivity index (χ1) is 30.3. The van der Waals surface area contributed by atoms with Crippen molar-refractivity contribution in [1.82, 2.24) is 16.0 Å². The fraction of sp³-hybridized carbons (Fsp3) is 0.442. The lowest BCUT2D eigenvalue weighted by molar-refractivity contribution is -0.323. The zero-order chi connectivity index (χ0) is 44.7.